The van der Waals surface area contributed by atoms with Crippen molar-refractivity contribution >= 4 is 28.7 Å². The molecular weight excluding hydrogens is 140 g/mol. The molecule has 0 amide bonds. The quantitative estimate of drug-likeness (QED) is 0.471. The number of hydrogen-bond donors (Lipinski definition) is 0. The fourth-order valence-corrected chi connectivity index (χ4v) is 1.06. The van der Waals surface area contributed by atoms with E-state index in [0.717, 1.165) is 16.3 Å². The van der Waals surface area contributed by atoms with Gasteiger partial charge in [0, 0.05) is 16.3 Å². The lowest BCUT2D eigenvalue weighted by atomic mass is 10.2. The Hall–Kier alpha value is -0.140. The highest BCUT2D eigenvalue weighted by Crippen LogP contribution is 2.10. The van der Waals surface area contributed by atoms with E-state index in [-0.39, 0.29) is 0 Å². The molecule has 42 valence electrons. The molecule has 0 heterocycles. The molecule has 0 aromatic rings. The van der Waals surface area contributed by atoms with Gasteiger partial charge in [0.2, 0.25) is 0 Å². The van der Waals surface area contributed by atoms with Crippen molar-refractivity contribution in [2.24, 2.45) is 0 Å². The summed E-state index contributed by atoms with van der Waals surface area (Å²) in [6.07, 6.45) is 6.49. The minimum Gasteiger partial charge on any atom is -0.0845 e. The zero-order valence-corrected chi connectivity index (χ0v) is 5.80. The number of thiocarbonyl (C=S) groups is 1. The number of halogens is 1. The summed E-state index contributed by atoms with van der Waals surface area (Å²) in [7, 11) is 0. The molecule has 0 fully saturated rings. The number of hydrogen-bond acceptors (Lipinski definition) is 1. The van der Waals surface area contributed by atoms with Crippen LogP contribution >= 0.6 is 23.8 Å². The van der Waals surface area contributed by atoms with Gasteiger partial charge in [-0.25, -0.2) is 0 Å². The summed E-state index contributed by atoms with van der Waals surface area (Å²) in [5.74, 6) is 0. The van der Waals surface area contributed by atoms with E-state index in [9.17, 15) is 0 Å². The highest BCUT2D eigenvalue weighted by atomic mass is 35.5. The Morgan fingerprint density at radius 1 is 1.62 bits per heavy atom. The molecule has 2 heteroatoms. The third kappa shape index (κ3) is 1.42. The molecule has 1 aliphatic rings. The van der Waals surface area contributed by atoms with Gasteiger partial charge < -0.3 is 0 Å². The van der Waals surface area contributed by atoms with Gasteiger partial charge in [-0.15, -0.1) is 0 Å². The summed E-state index contributed by atoms with van der Waals surface area (Å²) >= 11 is 10.5. The summed E-state index contributed by atoms with van der Waals surface area (Å²) < 4.78 is 0. The summed E-state index contributed by atoms with van der Waals surface area (Å²) in [4.78, 5) is 0.914. The second kappa shape index (κ2) is 2.42. The van der Waals surface area contributed by atoms with Gasteiger partial charge in [0.25, 0.3) is 0 Å². The lowest BCUT2D eigenvalue weighted by Gasteiger charge is -1.97. The Kier molecular flexibility index (Phi) is 1.81. The van der Waals surface area contributed by atoms with Crippen molar-refractivity contribution in [2.75, 3.05) is 0 Å². The van der Waals surface area contributed by atoms with Crippen molar-refractivity contribution in [3.63, 3.8) is 0 Å². The number of allylic oxidation sites excluding steroid dienone is 4. The summed E-state index contributed by atoms with van der Waals surface area (Å²) in [5, 5.41) is 0.737. The molecular formula is C6H5ClS. The molecule has 0 aliphatic heterocycles. The van der Waals surface area contributed by atoms with E-state index in [1.165, 1.54) is 0 Å². The molecule has 0 atom stereocenters. The Balaban J connectivity index is 2.77. The molecule has 0 saturated carbocycles. The van der Waals surface area contributed by atoms with E-state index < -0.39 is 0 Å². The molecule has 0 radical (unpaired) electrons. The third-order valence-electron chi connectivity index (χ3n) is 0.895. The predicted molar refractivity (Wildman–Crippen MR) is 40.3 cm³/mol. The van der Waals surface area contributed by atoms with Crippen LogP contribution in [0.15, 0.2) is 23.3 Å². The third-order valence-corrected chi connectivity index (χ3v) is 1.41. The Morgan fingerprint density at radius 3 is 2.75 bits per heavy atom. The fraction of sp³-hybridized carbons (Fsp3) is 0.167. The predicted octanol–water partition coefficient (Wildman–Crippen LogP) is 2.44. The van der Waals surface area contributed by atoms with Crippen molar-refractivity contribution in [3.05, 3.63) is 23.3 Å². The van der Waals surface area contributed by atoms with Crippen molar-refractivity contribution in [3.8, 4) is 0 Å². The van der Waals surface area contributed by atoms with Crippen LogP contribution in [-0.4, -0.2) is 4.86 Å². The van der Waals surface area contributed by atoms with Crippen LogP contribution in [0, 0.1) is 0 Å². The molecule has 0 N–H and O–H groups in total. The molecule has 0 saturated heterocycles. The zero-order valence-electron chi connectivity index (χ0n) is 4.23. The largest absolute Gasteiger partial charge is 0.0845 e. The Labute approximate surface area is 58.8 Å². The maximum Gasteiger partial charge on any atom is 0.0414 e. The summed E-state index contributed by atoms with van der Waals surface area (Å²) in [6, 6.07) is 0. The van der Waals surface area contributed by atoms with Crippen molar-refractivity contribution < 1.29 is 0 Å². The molecule has 1 rings (SSSR count). The maximum absolute atomic E-state index is 5.60. The fourth-order valence-electron chi connectivity index (χ4n) is 0.548. The molecule has 0 aromatic carbocycles. The van der Waals surface area contributed by atoms with Gasteiger partial charge in [-0.3, -0.25) is 0 Å². The first kappa shape index (κ1) is 5.99. The van der Waals surface area contributed by atoms with Crippen LogP contribution in [0.3, 0.4) is 0 Å². The normalized spacial score (nSPS) is 18.6. The van der Waals surface area contributed by atoms with E-state index in [4.69, 9.17) is 23.8 Å². The molecule has 8 heavy (non-hydrogen) atoms. The average molecular weight is 145 g/mol. The first-order valence-corrected chi connectivity index (χ1v) is 3.14. The minimum absolute atomic E-state index is 0.737. The van der Waals surface area contributed by atoms with E-state index in [0.29, 0.717) is 0 Å². The monoisotopic (exact) mass is 144 g/mol. The number of rotatable bonds is 0. The van der Waals surface area contributed by atoms with Gasteiger partial charge in [-0.2, -0.15) is 0 Å². The summed E-state index contributed by atoms with van der Waals surface area (Å²) in [6.45, 7) is 0. The van der Waals surface area contributed by atoms with Gasteiger partial charge in [0.1, 0.15) is 0 Å². The van der Waals surface area contributed by atoms with E-state index in [1.807, 2.05) is 12.2 Å². The smallest absolute Gasteiger partial charge is 0.0414 e. The second-order valence-electron chi connectivity index (χ2n) is 1.60. The average Bonchev–Trinajstić information content (AvgIpc) is 1.64. The van der Waals surface area contributed by atoms with E-state index in [1.54, 1.807) is 6.08 Å². The van der Waals surface area contributed by atoms with Crippen molar-refractivity contribution in [1.29, 1.82) is 0 Å². The van der Waals surface area contributed by atoms with Gasteiger partial charge in [0.05, 0.1) is 0 Å². The molecule has 0 nitrogen and oxygen atoms in total. The molecule has 1 aliphatic carbocycles. The van der Waals surface area contributed by atoms with Crippen molar-refractivity contribution in [2.45, 2.75) is 6.42 Å². The second-order valence-corrected chi connectivity index (χ2v) is 2.56. The topological polar surface area (TPSA) is 0 Å². The highest BCUT2D eigenvalue weighted by Gasteiger charge is 1.95. The lowest BCUT2D eigenvalue weighted by molar-refractivity contribution is 1.49. The van der Waals surface area contributed by atoms with Crippen LogP contribution in [0.2, 0.25) is 0 Å². The van der Waals surface area contributed by atoms with E-state index in [2.05, 4.69) is 0 Å². The van der Waals surface area contributed by atoms with Crippen LogP contribution in [-0.2, 0) is 0 Å². The first-order valence-electron chi connectivity index (χ1n) is 2.35. The summed E-state index contributed by atoms with van der Waals surface area (Å²) in [5.41, 5.74) is 0. The molecule has 0 spiro atoms. The first-order chi connectivity index (χ1) is 3.79. The van der Waals surface area contributed by atoms with Gasteiger partial charge in [-0.1, -0.05) is 29.9 Å². The van der Waals surface area contributed by atoms with Crippen LogP contribution < -0.4 is 0 Å². The van der Waals surface area contributed by atoms with Gasteiger partial charge in [-0.05, 0) is 12.2 Å². The standard InChI is InChI=1S/C6H5ClS/c7-5-2-1-3-6(8)4-5/h1-2,4H,3H2. The maximum atomic E-state index is 5.60. The van der Waals surface area contributed by atoms with Crippen LogP contribution in [0.25, 0.3) is 0 Å². The van der Waals surface area contributed by atoms with Crippen molar-refractivity contribution in [1.82, 2.24) is 0 Å². The van der Waals surface area contributed by atoms with Crippen LogP contribution in [0.5, 0.6) is 0 Å². The van der Waals surface area contributed by atoms with Gasteiger partial charge >= 0.3 is 0 Å². The molecule has 0 bridgehead atoms. The molecule has 0 aromatic heterocycles. The van der Waals surface area contributed by atoms with Crippen LogP contribution in [0.1, 0.15) is 6.42 Å². The lowest BCUT2D eigenvalue weighted by Crippen LogP contribution is -1.90. The van der Waals surface area contributed by atoms with E-state index >= 15 is 0 Å². The zero-order chi connectivity index (χ0) is 5.98. The van der Waals surface area contributed by atoms with Crippen LogP contribution in [0.4, 0.5) is 0 Å². The Bertz CT molecular complexity index is 167. The minimum atomic E-state index is 0.737. The molecule has 0 unspecified atom stereocenters. The highest BCUT2D eigenvalue weighted by molar-refractivity contribution is 7.80. The van der Waals surface area contributed by atoms with Gasteiger partial charge in [0.15, 0.2) is 0 Å². The Morgan fingerprint density at radius 2 is 2.38 bits per heavy atom. The SMILES string of the molecule is S=C1C=C(Cl)C=CC1.